The molecule has 0 radical (unpaired) electrons. The molecule has 0 unspecified atom stereocenters. The molecule has 4 rings (SSSR count). The largest absolute Gasteiger partial charge is 0.228 e. The lowest BCUT2D eigenvalue weighted by atomic mass is 10.1. The molecule has 0 aliphatic carbocycles. The molecule has 2 aromatic heterocycles. The van der Waals surface area contributed by atoms with Crippen molar-refractivity contribution in [3.63, 3.8) is 0 Å². The van der Waals surface area contributed by atoms with Crippen molar-refractivity contribution in [2.24, 2.45) is 0 Å². The molecule has 112 valence electrons. The molecule has 3 nitrogen and oxygen atoms in total. The summed E-state index contributed by atoms with van der Waals surface area (Å²) in [6.07, 6.45) is 0. The summed E-state index contributed by atoms with van der Waals surface area (Å²) >= 11 is 0. The van der Waals surface area contributed by atoms with Crippen molar-refractivity contribution in [2.45, 2.75) is 6.92 Å². The van der Waals surface area contributed by atoms with Gasteiger partial charge in [-0.05, 0) is 55.5 Å². The number of rotatable bonds is 2. The molecule has 0 atom stereocenters. The Morgan fingerprint density at radius 3 is 2.35 bits per heavy atom. The first kappa shape index (κ1) is 13.6. The van der Waals surface area contributed by atoms with Gasteiger partial charge in [0, 0.05) is 10.9 Å². The van der Waals surface area contributed by atoms with Crippen molar-refractivity contribution in [1.82, 2.24) is 14.8 Å². The van der Waals surface area contributed by atoms with E-state index in [0.717, 1.165) is 33.7 Å². The van der Waals surface area contributed by atoms with Gasteiger partial charge in [-0.2, -0.15) is 5.10 Å². The Labute approximate surface area is 133 Å². The number of halogens is 1. The maximum absolute atomic E-state index is 13.1. The van der Waals surface area contributed by atoms with E-state index in [-0.39, 0.29) is 5.82 Å². The summed E-state index contributed by atoms with van der Waals surface area (Å²) in [6, 6.07) is 20.2. The third-order valence-corrected chi connectivity index (χ3v) is 3.86. The first-order valence-corrected chi connectivity index (χ1v) is 7.40. The van der Waals surface area contributed by atoms with Crippen LogP contribution in [0.3, 0.4) is 0 Å². The van der Waals surface area contributed by atoms with Crippen LogP contribution in [0.5, 0.6) is 0 Å². The van der Waals surface area contributed by atoms with Crippen LogP contribution in [-0.2, 0) is 0 Å². The van der Waals surface area contributed by atoms with E-state index in [0.29, 0.717) is 0 Å². The van der Waals surface area contributed by atoms with E-state index < -0.39 is 0 Å². The van der Waals surface area contributed by atoms with Crippen LogP contribution in [0.1, 0.15) is 5.69 Å². The van der Waals surface area contributed by atoms with E-state index in [1.54, 1.807) is 12.1 Å². The highest BCUT2D eigenvalue weighted by molar-refractivity contribution is 5.82. The summed E-state index contributed by atoms with van der Waals surface area (Å²) in [5, 5.41) is 5.62. The molecule has 4 aromatic rings. The van der Waals surface area contributed by atoms with Gasteiger partial charge in [0.15, 0.2) is 5.65 Å². The molecule has 0 aliphatic rings. The van der Waals surface area contributed by atoms with E-state index in [9.17, 15) is 4.39 Å². The molecule has 0 amide bonds. The maximum Gasteiger partial charge on any atom is 0.163 e. The number of pyridine rings is 1. The van der Waals surface area contributed by atoms with E-state index in [1.807, 2.05) is 54.1 Å². The van der Waals surface area contributed by atoms with Crippen LogP contribution >= 0.6 is 0 Å². The van der Waals surface area contributed by atoms with Gasteiger partial charge >= 0.3 is 0 Å². The van der Waals surface area contributed by atoms with Crippen molar-refractivity contribution in [2.75, 3.05) is 0 Å². The highest BCUT2D eigenvalue weighted by atomic mass is 19.1. The topological polar surface area (TPSA) is 30.7 Å². The highest BCUT2D eigenvalue weighted by Crippen LogP contribution is 2.25. The van der Waals surface area contributed by atoms with Crippen LogP contribution in [0.4, 0.5) is 4.39 Å². The molecule has 0 bridgehead atoms. The van der Waals surface area contributed by atoms with Gasteiger partial charge in [-0.1, -0.05) is 18.2 Å². The predicted octanol–water partition coefficient (Wildman–Crippen LogP) is 4.54. The quantitative estimate of drug-likeness (QED) is 0.544. The second-order valence-corrected chi connectivity index (χ2v) is 5.41. The third-order valence-electron chi connectivity index (χ3n) is 3.86. The van der Waals surface area contributed by atoms with Crippen molar-refractivity contribution in [3.05, 3.63) is 78.2 Å². The Kier molecular flexibility index (Phi) is 3.15. The van der Waals surface area contributed by atoms with Crippen molar-refractivity contribution in [3.8, 4) is 16.9 Å². The fourth-order valence-electron chi connectivity index (χ4n) is 2.67. The van der Waals surface area contributed by atoms with E-state index in [2.05, 4.69) is 5.10 Å². The predicted molar refractivity (Wildman–Crippen MR) is 89.0 cm³/mol. The standard InChI is InChI=1S/C19H14FN3/c1-13-17-11-12-18(14-7-9-15(20)10-8-14)21-19(17)23(22-13)16-5-3-2-4-6-16/h2-12H,1H3. The maximum atomic E-state index is 13.1. The van der Waals surface area contributed by atoms with Gasteiger partial charge in [0.05, 0.1) is 17.1 Å². The van der Waals surface area contributed by atoms with Gasteiger partial charge in [0.1, 0.15) is 5.82 Å². The van der Waals surface area contributed by atoms with Crippen LogP contribution < -0.4 is 0 Å². The summed E-state index contributed by atoms with van der Waals surface area (Å²) in [5.41, 5.74) is 4.38. The Hall–Kier alpha value is -3.01. The SMILES string of the molecule is Cc1nn(-c2ccccc2)c2nc(-c3ccc(F)cc3)ccc12. The molecule has 0 spiro atoms. The van der Waals surface area contributed by atoms with Crippen LogP contribution in [0.2, 0.25) is 0 Å². The molecule has 2 aromatic carbocycles. The highest BCUT2D eigenvalue weighted by Gasteiger charge is 2.11. The van der Waals surface area contributed by atoms with Gasteiger partial charge in [0.25, 0.3) is 0 Å². The lowest BCUT2D eigenvalue weighted by Gasteiger charge is -2.05. The normalized spacial score (nSPS) is 11.0. The van der Waals surface area contributed by atoms with Crippen LogP contribution in [-0.4, -0.2) is 14.8 Å². The zero-order chi connectivity index (χ0) is 15.8. The summed E-state index contributed by atoms with van der Waals surface area (Å²) in [5.74, 6) is -0.250. The van der Waals surface area contributed by atoms with E-state index >= 15 is 0 Å². The molecule has 0 saturated heterocycles. The lowest BCUT2D eigenvalue weighted by Crippen LogP contribution is -1.98. The first-order valence-electron chi connectivity index (χ1n) is 7.40. The summed E-state index contributed by atoms with van der Waals surface area (Å²) < 4.78 is 15.0. The smallest absolute Gasteiger partial charge is 0.163 e. The number of nitrogens with zero attached hydrogens (tertiary/aromatic N) is 3. The first-order chi connectivity index (χ1) is 11.2. The molecular weight excluding hydrogens is 289 g/mol. The van der Waals surface area contributed by atoms with Crippen molar-refractivity contribution < 1.29 is 4.39 Å². The van der Waals surface area contributed by atoms with Gasteiger partial charge in [-0.15, -0.1) is 0 Å². The van der Waals surface area contributed by atoms with Crippen LogP contribution in [0.25, 0.3) is 28.0 Å². The van der Waals surface area contributed by atoms with Crippen molar-refractivity contribution in [1.29, 1.82) is 0 Å². The molecule has 0 aliphatic heterocycles. The number of hydrogen-bond acceptors (Lipinski definition) is 2. The summed E-state index contributed by atoms with van der Waals surface area (Å²) in [6.45, 7) is 1.97. The molecule has 23 heavy (non-hydrogen) atoms. The van der Waals surface area contributed by atoms with Crippen LogP contribution in [0, 0.1) is 12.7 Å². The fraction of sp³-hybridized carbons (Fsp3) is 0.0526. The zero-order valence-electron chi connectivity index (χ0n) is 12.6. The monoisotopic (exact) mass is 303 g/mol. The average Bonchev–Trinajstić information content (AvgIpc) is 2.93. The van der Waals surface area contributed by atoms with Gasteiger partial charge in [-0.3, -0.25) is 0 Å². The molecule has 0 N–H and O–H groups in total. The number of fused-ring (bicyclic) bond motifs is 1. The summed E-state index contributed by atoms with van der Waals surface area (Å²) in [4.78, 5) is 4.75. The molecule has 4 heteroatoms. The minimum absolute atomic E-state index is 0.250. The number of hydrogen-bond donors (Lipinski definition) is 0. The van der Waals surface area contributed by atoms with Gasteiger partial charge in [0.2, 0.25) is 0 Å². The van der Waals surface area contributed by atoms with E-state index in [4.69, 9.17) is 4.98 Å². The van der Waals surface area contributed by atoms with Gasteiger partial charge in [-0.25, -0.2) is 14.1 Å². The average molecular weight is 303 g/mol. The Morgan fingerprint density at radius 1 is 0.870 bits per heavy atom. The summed E-state index contributed by atoms with van der Waals surface area (Å²) in [7, 11) is 0. The zero-order valence-corrected chi connectivity index (χ0v) is 12.6. The molecule has 0 fully saturated rings. The molecule has 2 heterocycles. The van der Waals surface area contributed by atoms with Crippen molar-refractivity contribution >= 4 is 11.0 Å². The number of aromatic nitrogens is 3. The molecule has 0 saturated carbocycles. The Bertz CT molecular complexity index is 973. The van der Waals surface area contributed by atoms with Gasteiger partial charge < -0.3 is 0 Å². The second kappa shape index (κ2) is 5.32. The van der Waals surface area contributed by atoms with E-state index in [1.165, 1.54) is 12.1 Å². The minimum Gasteiger partial charge on any atom is -0.228 e. The Balaban J connectivity index is 1.92. The fourth-order valence-corrected chi connectivity index (χ4v) is 2.67. The Morgan fingerprint density at radius 2 is 1.61 bits per heavy atom. The molecular formula is C19H14FN3. The van der Waals surface area contributed by atoms with Crippen LogP contribution in [0.15, 0.2) is 66.7 Å². The minimum atomic E-state index is -0.250. The second-order valence-electron chi connectivity index (χ2n) is 5.41. The number of para-hydroxylation sites is 1. The number of benzene rings is 2. The third kappa shape index (κ3) is 2.38. The number of aryl methyl sites for hydroxylation is 1. The lowest BCUT2D eigenvalue weighted by molar-refractivity contribution is 0.628.